The molecule has 1 atom stereocenters. The van der Waals surface area contributed by atoms with Gasteiger partial charge in [-0.3, -0.25) is 9.59 Å². The van der Waals surface area contributed by atoms with Crippen LogP contribution in [0, 0.1) is 17.2 Å². The highest BCUT2D eigenvalue weighted by Gasteiger charge is 2.37. The number of carbonyl (C=O) groups is 2. The zero-order valence-corrected chi connectivity index (χ0v) is 17.2. The van der Waals surface area contributed by atoms with Crippen molar-refractivity contribution >= 4 is 34.0 Å². The number of hydrogen-bond donors (Lipinski definition) is 1. The molecule has 1 fully saturated rings. The molecule has 2 heterocycles. The number of halogens is 3. The number of alkyl halides is 3. The number of nitrogens with zero attached hydrogens (tertiary/aromatic N) is 3. The first kappa shape index (κ1) is 21.5. The van der Waals surface area contributed by atoms with E-state index in [0.29, 0.717) is 16.4 Å². The number of carbonyl (C=O) groups excluding carboxylic acids is 2. The van der Waals surface area contributed by atoms with Gasteiger partial charge in [0.25, 0.3) is 0 Å². The molecule has 162 valence electrons. The molecule has 32 heavy (non-hydrogen) atoms. The fraction of sp³-hybridized carbons (Fsp3) is 0.182. The number of hydrogen-bond acceptors (Lipinski definition) is 5. The average Bonchev–Trinajstić information content (AvgIpc) is 3.40. The van der Waals surface area contributed by atoms with Gasteiger partial charge in [-0.2, -0.15) is 18.4 Å². The molecule has 6 nitrogen and oxygen atoms in total. The topological polar surface area (TPSA) is 86.1 Å². The molecule has 0 saturated carbocycles. The minimum atomic E-state index is -4.52. The molecule has 0 unspecified atom stereocenters. The van der Waals surface area contributed by atoms with Gasteiger partial charge in [0.15, 0.2) is 5.13 Å². The minimum Gasteiger partial charge on any atom is -0.312 e. The van der Waals surface area contributed by atoms with Crippen LogP contribution in [0.1, 0.15) is 17.5 Å². The molecule has 2 aromatic carbocycles. The Labute approximate surface area is 184 Å². The van der Waals surface area contributed by atoms with Crippen molar-refractivity contribution in [3.8, 4) is 17.3 Å². The third kappa shape index (κ3) is 4.48. The second-order valence-corrected chi connectivity index (χ2v) is 8.03. The van der Waals surface area contributed by atoms with Gasteiger partial charge in [-0.15, -0.1) is 11.3 Å². The highest BCUT2D eigenvalue weighted by Crippen LogP contribution is 2.34. The van der Waals surface area contributed by atoms with Gasteiger partial charge in [0.05, 0.1) is 28.8 Å². The van der Waals surface area contributed by atoms with E-state index in [9.17, 15) is 22.8 Å². The van der Waals surface area contributed by atoms with Gasteiger partial charge in [0, 0.05) is 29.6 Å². The summed E-state index contributed by atoms with van der Waals surface area (Å²) in [5.41, 5.74) is 1.19. The van der Waals surface area contributed by atoms with Gasteiger partial charge in [-0.1, -0.05) is 18.2 Å². The highest BCUT2D eigenvalue weighted by molar-refractivity contribution is 7.14. The maximum atomic E-state index is 13.0. The second kappa shape index (κ2) is 8.43. The van der Waals surface area contributed by atoms with Crippen molar-refractivity contribution in [1.29, 1.82) is 5.26 Å². The number of anilines is 2. The molecule has 10 heteroatoms. The van der Waals surface area contributed by atoms with Gasteiger partial charge in [-0.05, 0) is 30.3 Å². The first-order chi connectivity index (χ1) is 15.2. The van der Waals surface area contributed by atoms with Crippen LogP contribution in [0.2, 0.25) is 0 Å². The van der Waals surface area contributed by atoms with E-state index in [-0.39, 0.29) is 18.7 Å². The molecule has 3 aromatic rings. The first-order valence-electron chi connectivity index (χ1n) is 9.49. The summed E-state index contributed by atoms with van der Waals surface area (Å²) >= 11 is 1.21. The largest absolute Gasteiger partial charge is 0.416 e. The van der Waals surface area contributed by atoms with Crippen molar-refractivity contribution < 1.29 is 22.8 Å². The molecule has 1 aromatic heterocycles. The highest BCUT2D eigenvalue weighted by atomic mass is 32.1. The minimum absolute atomic E-state index is 0.0141. The van der Waals surface area contributed by atoms with E-state index in [1.807, 2.05) is 6.07 Å². The Balaban J connectivity index is 1.43. The number of aromatic nitrogens is 1. The summed E-state index contributed by atoms with van der Waals surface area (Å²) in [7, 11) is 0. The van der Waals surface area contributed by atoms with Crippen molar-refractivity contribution in [2.24, 2.45) is 5.92 Å². The average molecular weight is 456 g/mol. The number of rotatable bonds is 4. The van der Waals surface area contributed by atoms with Crippen molar-refractivity contribution in [2.45, 2.75) is 12.6 Å². The smallest absolute Gasteiger partial charge is 0.312 e. The lowest BCUT2D eigenvalue weighted by atomic mass is 10.1. The van der Waals surface area contributed by atoms with Crippen LogP contribution in [-0.2, 0) is 15.8 Å². The van der Waals surface area contributed by atoms with E-state index < -0.39 is 29.5 Å². The maximum absolute atomic E-state index is 13.0. The first-order valence-corrected chi connectivity index (χ1v) is 10.4. The van der Waals surface area contributed by atoms with E-state index in [4.69, 9.17) is 5.26 Å². The van der Waals surface area contributed by atoms with Crippen molar-refractivity contribution in [3.63, 3.8) is 0 Å². The Bertz CT molecular complexity index is 1210. The van der Waals surface area contributed by atoms with Gasteiger partial charge in [0.1, 0.15) is 0 Å². The lowest BCUT2D eigenvalue weighted by molar-refractivity contribution is -0.137. The molecule has 2 amide bonds. The predicted octanol–water partition coefficient (Wildman–Crippen LogP) is 4.69. The summed E-state index contributed by atoms with van der Waals surface area (Å²) in [6, 6.07) is 13.4. The molecule has 1 aliphatic heterocycles. The van der Waals surface area contributed by atoms with Crippen LogP contribution in [0.25, 0.3) is 11.3 Å². The lowest BCUT2D eigenvalue weighted by Crippen LogP contribution is -2.28. The molecular formula is C22H15F3N4O2S. The summed E-state index contributed by atoms with van der Waals surface area (Å²) in [6.07, 6.45) is -4.62. The molecule has 1 aliphatic rings. The Kier molecular flexibility index (Phi) is 5.67. The zero-order valence-electron chi connectivity index (χ0n) is 16.4. The Morgan fingerprint density at radius 2 is 1.97 bits per heavy atom. The fourth-order valence-electron chi connectivity index (χ4n) is 3.37. The standard InChI is InChI=1S/C22H15F3N4O2S/c23-22(24,25)16-2-1-3-17(9-16)29-11-15(8-19(29)30)20(31)28-21-27-18(12-32-21)14-6-4-13(10-26)5-7-14/h1-7,9,12,15H,8,11H2,(H,27,28,31)/t15-/m0/s1. The third-order valence-electron chi connectivity index (χ3n) is 5.03. The lowest BCUT2D eigenvalue weighted by Gasteiger charge is -2.18. The molecule has 1 N–H and O–H groups in total. The molecular weight excluding hydrogens is 441 g/mol. The molecule has 0 bridgehead atoms. The Morgan fingerprint density at radius 1 is 1.22 bits per heavy atom. The van der Waals surface area contributed by atoms with Crippen LogP contribution in [0.3, 0.4) is 0 Å². The number of nitrogens with one attached hydrogen (secondary N) is 1. The van der Waals surface area contributed by atoms with Gasteiger partial charge in [-0.25, -0.2) is 4.98 Å². The van der Waals surface area contributed by atoms with Crippen molar-refractivity contribution in [1.82, 2.24) is 4.98 Å². The summed E-state index contributed by atoms with van der Waals surface area (Å²) < 4.78 is 38.9. The summed E-state index contributed by atoms with van der Waals surface area (Å²) in [4.78, 5) is 30.6. The third-order valence-corrected chi connectivity index (χ3v) is 5.78. The summed E-state index contributed by atoms with van der Waals surface area (Å²) in [5, 5.41) is 13.7. The Hall–Kier alpha value is -3.71. The number of thiazole rings is 1. The van der Waals surface area contributed by atoms with Crippen LogP contribution in [0.5, 0.6) is 0 Å². The summed E-state index contributed by atoms with van der Waals surface area (Å²) in [5.74, 6) is -1.55. The van der Waals surface area contributed by atoms with Crippen LogP contribution in [0.15, 0.2) is 53.9 Å². The van der Waals surface area contributed by atoms with Crippen molar-refractivity contribution in [2.75, 3.05) is 16.8 Å². The van der Waals surface area contributed by atoms with Crippen LogP contribution >= 0.6 is 11.3 Å². The number of benzene rings is 2. The van der Waals surface area contributed by atoms with E-state index >= 15 is 0 Å². The normalized spacial score (nSPS) is 16.1. The van der Waals surface area contributed by atoms with E-state index in [2.05, 4.69) is 10.3 Å². The predicted molar refractivity (Wildman–Crippen MR) is 113 cm³/mol. The SMILES string of the molecule is N#Cc1ccc(-c2csc(NC(=O)[C@H]3CC(=O)N(c4cccc(C(F)(F)F)c4)C3)n2)cc1. The molecule has 1 saturated heterocycles. The van der Waals surface area contributed by atoms with E-state index in [1.54, 1.807) is 29.6 Å². The number of amides is 2. The molecule has 0 spiro atoms. The van der Waals surface area contributed by atoms with E-state index in [0.717, 1.165) is 17.7 Å². The Morgan fingerprint density at radius 3 is 2.66 bits per heavy atom. The maximum Gasteiger partial charge on any atom is 0.416 e. The fourth-order valence-corrected chi connectivity index (χ4v) is 4.09. The van der Waals surface area contributed by atoms with Crippen LogP contribution in [0.4, 0.5) is 24.0 Å². The van der Waals surface area contributed by atoms with E-state index in [1.165, 1.54) is 28.4 Å². The summed E-state index contributed by atoms with van der Waals surface area (Å²) in [6.45, 7) is -0.0141. The monoisotopic (exact) mass is 456 g/mol. The van der Waals surface area contributed by atoms with Crippen molar-refractivity contribution in [3.05, 3.63) is 65.0 Å². The second-order valence-electron chi connectivity index (χ2n) is 7.17. The van der Waals surface area contributed by atoms with Gasteiger partial charge in [0.2, 0.25) is 11.8 Å². The van der Waals surface area contributed by atoms with Crippen LogP contribution in [-0.4, -0.2) is 23.3 Å². The molecule has 0 radical (unpaired) electrons. The molecule has 4 rings (SSSR count). The zero-order chi connectivity index (χ0) is 22.9. The quantitative estimate of drug-likeness (QED) is 0.617. The van der Waals surface area contributed by atoms with Gasteiger partial charge >= 0.3 is 6.18 Å². The molecule has 0 aliphatic carbocycles. The number of nitriles is 1. The van der Waals surface area contributed by atoms with Gasteiger partial charge < -0.3 is 10.2 Å². The van der Waals surface area contributed by atoms with Crippen LogP contribution < -0.4 is 10.2 Å².